The molecule has 0 bridgehead atoms. The highest BCUT2D eigenvalue weighted by Gasteiger charge is 2.42. The van der Waals surface area contributed by atoms with Gasteiger partial charge >= 0.3 is 5.92 Å². The zero-order chi connectivity index (χ0) is 27.0. The minimum Gasteiger partial charge on any atom is -0.493 e. The van der Waals surface area contributed by atoms with E-state index in [1.807, 2.05) is 38.1 Å². The second-order valence-corrected chi connectivity index (χ2v) is 9.37. The number of rotatable bonds is 7. The normalized spacial score (nSPS) is 15.6. The Labute approximate surface area is 219 Å². The second kappa shape index (κ2) is 9.92. The molecule has 0 unspecified atom stereocenters. The average molecular weight is 522 g/mol. The van der Waals surface area contributed by atoms with Crippen molar-refractivity contribution in [3.63, 3.8) is 0 Å². The van der Waals surface area contributed by atoms with Gasteiger partial charge in [-0.3, -0.25) is 4.79 Å². The number of methoxy groups -OCH3 is 2. The summed E-state index contributed by atoms with van der Waals surface area (Å²) >= 11 is 0. The van der Waals surface area contributed by atoms with Gasteiger partial charge in [-0.25, -0.2) is 9.50 Å². The fourth-order valence-corrected chi connectivity index (χ4v) is 4.93. The molecule has 1 atom stereocenters. The lowest BCUT2D eigenvalue weighted by molar-refractivity contribution is -0.147. The summed E-state index contributed by atoms with van der Waals surface area (Å²) in [5, 5.41) is 7.27. The van der Waals surface area contributed by atoms with Crippen molar-refractivity contribution in [2.24, 2.45) is 0 Å². The Morgan fingerprint density at radius 2 is 1.79 bits per heavy atom. The Balaban J connectivity index is 1.42. The van der Waals surface area contributed by atoms with Gasteiger partial charge in [0.05, 0.1) is 37.0 Å². The molecule has 0 spiro atoms. The maximum atomic E-state index is 14.7. The molecule has 2 aromatic carbocycles. The molecule has 0 saturated carbocycles. The molecule has 5 rings (SSSR count). The van der Waals surface area contributed by atoms with Crippen LogP contribution < -0.4 is 19.7 Å². The molecule has 1 fully saturated rings. The first-order chi connectivity index (χ1) is 18.2. The summed E-state index contributed by atoms with van der Waals surface area (Å²) in [5.74, 6) is -3.68. The molecular formula is C28H29F2N5O3. The Morgan fingerprint density at radius 1 is 1.05 bits per heavy atom. The predicted molar refractivity (Wildman–Crippen MR) is 140 cm³/mol. The molecule has 0 aliphatic carbocycles. The number of hydrogen-bond acceptors (Lipinski definition) is 6. The lowest BCUT2D eigenvalue weighted by Gasteiger charge is -2.22. The second-order valence-electron chi connectivity index (χ2n) is 9.37. The number of hydrogen-bond donors (Lipinski definition) is 1. The van der Waals surface area contributed by atoms with Crippen LogP contribution in [0.5, 0.6) is 11.5 Å². The molecule has 1 saturated heterocycles. The molecule has 1 N–H and O–H groups in total. The number of carbonyl (C=O) groups excluding carboxylic acids is 1. The number of anilines is 1. The van der Waals surface area contributed by atoms with Crippen LogP contribution in [0, 0.1) is 13.8 Å². The number of ether oxygens (including phenoxy) is 2. The highest BCUT2D eigenvalue weighted by molar-refractivity contribution is 5.85. The van der Waals surface area contributed by atoms with E-state index < -0.39 is 17.9 Å². The summed E-state index contributed by atoms with van der Waals surface area (Å²) in [7, 11) is 3.17. The zero-order valence-corrected chi connectivity index (χ0v) is 21.7. The molecule has 2 aromatic heterocycles. The van der Waals surface area contributed by atoms with Gasteiger partial charge in [-0.05, 0) is 44.5 Å². The van der Waals surface area contributed by atoms with E-state index in [1.54, 1.807) is 24.8 Å². The average Bonchev–Trinajstić information content (AvgIpc) is 3.51. The molecule has 198 valence electrons. The van der Waals surface area contributed by atoms with Crippen LogP contribution in [0.15, 0.2) is 54.6 Å². The van der Waals surface area contributed by atoms with Crippen molar-refractivity contribution in [2.45, 2.75) is 32.2 Å². The number of alkyl halides is 2. The number of carbonyl (C=O) groups is 1. The SMILES string of the molecule is COc1ccc(-c2c(C)nc3c(N4CC[C@@H](NC(=O)C(F)(F)c5ccccc5)C4)cc(C)nn23)cc1OC. The highest BCUT2D eigenvalue weighted by atomic mass is 19.3. The van der Waals surface area contributed by atoms with Gasteiger partial charge < -0.3 is 19.7 Å². The highest BCUT2D eigenvalue weighted by Crippen LogP contribution is 2.36. The fourth-order valence-electron chi connectivity index (χ4n) is 4.93. The van der Waals surface area contributed by atoms with Crippen molar-refractivity contribution in [3.8, 4) is 22.8 Å². The summed E-state index contributed by atoms with van der Waals surface area (Å²) in [6.07, 6.45) is 0.534. The molecule has 1 amide bonds. The van der Waals surface area contributed by atoms with E-state index in [0.29, 0.717) is 36.7 Å². The Morgan fingerprint density at radius 3 is 2.50 bits per heavy atom. The minimum absolute atomic E-state index is 0.325. The van der Waals surface area contributed by atoms with Crippen LogP contribution in [-0.4, -0.2) is 53.9 Å². The summed E-state index contributed by atoms with van der Waals surface area (Å²) < 4.78 is 42.1. The Hall–Kier alpha value is -4.21. The molecule has 0 radical (unpaired) electrons. The number of imidazole rings is 1. The van der Waals surface area contributed by atoms with Crippen LogP contribution in [0.2, 0.25) is 0 Å². The minimum atomic E-state index is -3.61. The topological polar surface area (TPSA) is 81.0 Å². The maximum absolute atomic E-state index is 14.7. The summed E-state index contributed by atoms with van der Waals surface area (Å²) in [5.41, 5.74) is 4.40. The van der Waals surface area contributed by atoms with Gasteiger partial charge in [-0.2, -0.15) is 13.9 Å². The standard InChI is InChI=1S/C28H29F2N5O3/c1-17-14-22(34-13-12-21(16-34)32-27(36)28(29,30)20-8-6-5-7-9-20)26-31-18(2)25(35(26)33-17)19-10-11-23(37-3)24(15-19)38-4/h5-11,14-15,21H,12-13,16H2,1-4H3,(H,32,36)/t21-/m1/s1. The number of nitrogens with one attached hydrogen (secondary N) is 1. The van der Waals surface area contributed by atoms with Crippen molar-refractivity contribution in [1.82, 2.24) is 19.9 Å². The molecule has 38 heavy (non-hydrogen) atoms. The van der Waals surface area contributed by atoms with Gasteiger partial charge in [0.1, 0.15) is 0 Å². The molecular weight excluding hydrogens is 492 g/mol. The molecule has 1 aliphatic heterocycles. The van der Waals surface area contributed by atoms with Gasteiger partial charge in [0.2, 0.25) is 0 Å². The van der Waals surface area contributed by atoms with Crippen molar-refractivity contribution in [2.75, 3.05) is 32.2 Å². The smallest absolute Gasteiger partial charge is 0.349 e. The first-order valence-electron chi connectivity index (χ1n) is 12.3. The van der Waals surface area contributed by atoms with Crippen LogP contribution in [0.1, 0.15) is 23.4 Å². The number of aromatic nitrogens is 3. The van der Waals surface area contributed by atoms with Crippen LogP contribution in [0.25, 0.3) is 16.9 Å². The number of halogens is 2. The van der Waals surface area contributed by atoms with Gasteiger partial charge in [0.25, 0.3) is 5.91 Å². The number of nitrogens with zero attached hydrogens (tertiary/aromatic N) is 4. The van der Waals surface area contributed by atoms with Crippen molar-refractivity contribution >= 4 is 17.2 Å². The largest absolute Gasteiger partial charge is 0.493 e. The Bertz CT molecular complexity index is 1490. The number of amides is 1. The molecule has 10 heteroatoms. The van der Waals surface area contributed by atoms with E-state index in [0.717, 1.165) is 28.3 Å². The number of aryl methyl sites for hydroxylation is 2. The predicted octanol–water partition coefficient (Wildman–Crippen LogP) is 4.52. The quantitative estimate of drug-likeness (QED) is 0.385. The third-order valence-electron chi connectivity index (χ3n) is 6.80. The van der Waals surface area contributed by atoms with Gasteiger partial charge in [0.15, 0.2) is 17.1 Å². The molecule has 4 aromatic rings. The summed E-state index contributed by atoms with van der Waals surface area (Å²) in [6.45, 7) is 4.77. The van der Waals surface area contributed by atoms with E-state index in [1.165, 1.54) is 24.3 Å². The fraction of sp³-hybridized carbons (Fsp3) is 0.321. The van der Waals surface area contributed by atoms with Gasteiger partial charge in [0, 0.05) is 30.3 Å². The van der Waals surface area contributed by atoms with Crippen molar-refractivity contribution < 1.29 is 23.0 Å². The molecule has 3 heterocycles. The lowest BCUT2D eigenvalue weighted by Crippen LogP contribution is -2.45. The molecule has 1 aliphatic rings. The molecule has 8 nitrogen and oxygen atoms in total. The van der Waals surface area contributed by atoms with Crippen LogP contribution in [0.3, 0.4) is 0 Å². The first kappa shape index (κ1) is 25.4. The van der Waals surface area contributed by atoms with Crippen molar-refractivity contribution in [1.29, 1.82) is 0 Å². The van der Waals surface area contributed by atoms with E-state index in [2.05, 4.69) is 10.2 Å². The number of fused-ring (bicyclic) bond motifs is 1. The Kier molecular flexibility index (Phi) is 6.64. The third-order valence-corrected chi connectivity index (χ3v) is 6.80. The lowest BCUT2D eigenvalue weighted by atomic mass is 10.1. The van der Waals surface area contributed by atoms with Gasteiger partial charge in [-0.1, -0.05) is 30.3 Å². The van der Waals surface area contributed by atoms with Crippen LogP contribution >= 0.6 is 0 Å². The van der Waals surface area contributed by atoms with Gasteiger partial charge in [-0.15, -0.1) is 0 Å². The van der Waals surface area contributed by atoms with Crippen molar-refractivity contribution in [3.05, 3.63) is 71.5 Å². The monoisotopic (exact) mass is 521 g/mol. The van der Waals surface area contributed by atoms with Crippen LogP contribution in [0.4, 0.5) is 14.5 Å². The summed E-state index contributed by atoms with van der Waals surface area (Å²) in [6, 6.07) is 14.3. The third kappa shape index (κ3) is 4.51. The van der Waals surface area contributed by atoms with E-state index in [-0.39, 0.29) is 5.56 Å². The first-order valence-corrected chi connectivity index (χ1v) is 12.3. The van der Waals surface area contributed by atoms with E-state index in [9.17, 15) is 13.6 Å². The van der Waals surface area contributed by atoms with E-state index >= 15 is 0 Å². The van der Waals surface area contributed by atoms with E-state index in [4.69, 9.17) is 19.6 Å². The maximum Gasteiger partial charge on any atom is 0.349 e. The summed E-state index contributed by atoms with van der Waals surface area (Å²) in [4.78, 5) is 19.4. The zero-order valence-electron chi connectivity index (χ0n) is 21.7. The van der Waals surface area contributed by atoms with Crippen LogP contribution in [-0.2, 0) is 10.7 Å². The number of benzene rings is 2.